The van der Waals surface area contributed by atoms with E-state index in [0.29, 0.717) is 0 Å². The van der Waals surface area contributed by atoms with Crippen molar-refractivity contribution in [3.63, 3.8) is 0 Å². The highest BCUT2D eigenvalue weighted by Gasteiger charge is 2.07. The summed E-state index contributed by atoms with van der Waals surface area (Å²) in [6.07, 6.45) is 0.121. The highest BCUT2D eigenvalue weighted by atomic mass is 32.2. The van der Waals surface area contributed by atoms with Gasteiger partial charge in [0.15, 0.2) is 0 Å². The summed E-state index contributed by atoms with van der Waals surface area (Å²) in [5.74, 6) is -0.0903. The minimum Gasteiger partial charge on any atom is -0.463 e. The second kappa shape index (κ2) is 7.82. The summed E-state index contributed by atoms with van der Waals surface area (Å²) in [5, 5.41) is 0.0904. The number of hydrogen-bond acceptors (Lipinski definition) is 4. The predicted octanol–water partition coefficient (Wildman–Crippen LogP) is 1.46. The molecular formula is C10H20O4S. The van der Waals surface area contributed by atoms with E-state index in [1.54, 1.807) is 13.8 Å². The van der Waals surface area contributed by atoms with Crippen LogP contribution in [0.1, 0.15) is 34.1 Å². The van der Waals surface area contributed by atoms with E-state index in [2.05, 4.69) is 0 Å². The van der Waals surface area contributed by atoms with Crippen molar-refractivity contribution >= 4 is 16.8 Å². The van der Waals surface area contributed by atoms with Crippen molar-refractivity contribution in [1.29, 1.82) is 0 Å². The van der Waals surface area contributed by atoms with Crippen LogP contribution in [0.3, 0.4) is 0 Å². The second-order valence-electron chi connectivity index (χ2n) is 3.74. The number of rotatable bonds is 7. The molecule has 0 saturated carbocycles. The SMILES string of the molecule is CC(C)OC(=O)CCOCS(=O)C(C)C. The smallest absolute Gasteiger partial charge is 0.308 e. The first-order valence-electron chi connectivity index (χ1n) is 5.08. The lowest BCUT2D eigenvalue weighted by Gasteiger charge is -2.08. The van der Waals surface area contributed by atoms with Gasteiger partial charge in [0.05, 0.1) is 19.1 Å². The van der Waals surface area contributed by atoms with E-state index in [0.717, 1.165) is 0 Å². The molecule has 0 amide bonds. The minimum absolute atomic E-state index is 0.0904. The highest BCUT2D eigenvalue weighted by Crippen LogP contribution is 1.97. The van der Waals surface area contributed by atoms with E-state index in [4.69, 9.17) is 9.47 Å². The molecule has 15 heavy (non-hydrogen) atoms. The summed E-state index contributed by atoms with van der Waals surface area (Å²) in [5.41, 5.74) is 0. The molecule has 90 valence electrons. The van der Waals surface area contributed by atoms with Gasteiger partial charge in [-0.1, -0.05) is 13.8 Å². The van der Waals surface area contributed by atoms with Gasteiger partial charge in [-0.25, -0.2) is 0 Å². The maximum Gasteiger partial charge on any atom is 0.308 e. The minimum atomic E-state index is -0.972. The molecule has 0 aromatic carbocycles. The third-order valence-corrected chi connectivity index (χ3v) is 2.99. The number of carbonyl (C=O) groups excluding carboxylic acids is 1. The van der Waals surface area contributed by atoms with E-state index >= 15 is 0 Å². The quantitative estimate of drug-likeness (QED) is 0.496. The van der Waals surface area contributed by atoms with E-state index in [-0.39, 0.29) is 36.3 Å². The Bertz CT molecular complexity index is 213. The molecular weight excluding hydrogens is 216 g/mol. The van der Waals surface area contributed by atoms with Crippen LogP contribution in [0.4, 0.5) is 0 Å². The van der Waals surface area contributed by atoms with Gasteiger partial charge in [-0.3, -0.25) is 9.00 Å². The fourth-order valence-electron chi connectivity index (χ4n) is 0.754. The molecule has 0 aliphatic carbocycles. The third kappa shape index (κ3) is 8.57. The standard InChI is InChI=1S/C10H20O4S/c1-8(2)14-10(11)5-6-13-7-15(12)9(3)4/h8-9H,5-7H2,1-4H3. The van der Waals surface area contributed by atoms with Gasteiger partial charge in [-0.15, -0.1) is 0 Å². The Balaban J connectivity index is 3.46. The summed E-state index contributed by atoms with van der Waals surface area (Å²) < 4.78 is 21.3. The van der Waals surface area contributed by atoms with Crippen LogP contribution in [-0.4, -0.2) is 34.1 Å². The third-order valence-electron chi connectivity index (χ3n) is 1.54. The van der Waals surface area contributed by atoms with Crippen LogP contribution >= 0.6 is 0 Å². The second-order valence-corrected chi connectivity index (χ2v) is 5.68. The molecule has 5 heteroatoms. The van der Waals surface area contributed by atoms with Crippen molar-refractivity contribution in [2.45, 2.75) is 45.5 Å². The van der Waals surface area contributed by atoms with Gasteiger partial charge in [0.2, 0.25) is 0 Å². The van der Waals surface area contributed by atoms with Crippen molar-refractivity contribution in [3.05, 3.63) is 0 Å². The average molecular weight is 236 g/mol. The Labute approximate surface area is 93.8 Å². The summed E-state index contributed by atoms with van der Waals surface area (Å²) in [6, 6.07) is 0. The number of carbonyl (C=O) groups is 1. The fourth-order valence-corrected chi connectivity index (χ4v) is 1.31. The lowest BCUT2D eigenvalue weighted by Crippen LogP contribution is -2.16. The van der Waals surface area contributed by atoms with Gasteiger partial charge in [-0.05, 0) is 13.8 Å². The van der Waals surface area contributed by atoms with Gasteiger partial charge in [0.1, 0.15) is 5.94 Å². The van der Waals surface area contributed by atoms with Crippen molar-refractivity contribution in [2.24, 2.45) is 0 Å². The Morgan fingerprint density at radius 1 is 1.27 bits per heavy atom. The lowest BCUT2D eigenvalue weighted by atomic mass is 10.4. The Morgan fingerprint density at radius 2 is 1.87 bits per heavy atom. The van der Waals surface area contributed by atoms with E-state index in [1.165, 1.54) is 0 Å². The molecule has 0 aromatic rings. The van der Waals surface area contributed by atoms with Crippen molar-refractivity contribution in [3.8, 4) is 0 Å². The van der Waals surface area contributed by atoms with E-state index in [9.17, 15) is 9.00 Å². The predicted molar refractivity (Wildman–Crippen MR) is 59.9 cm³/mol. The number of hydrogen-bond donors (Lipinski definition) is 0. The Kier molecular flexibility index (Phi) is 7.60. The van der Waals surface area contributed by atoms with Crippen LogP contribution < -0.4 is 0 Å². The molecule has 0 fully saturated rings. The van der Waals surface area contributed by atoms with E-state index in [1.807, 2.05) is 13.8 Å². The first kappa shape index (κ1) is 14.6. The fraction of sp³-hybridized carbons (Fsp3) is 0.900. The zero-order chi connectivity index (χ0) is 11.8. The van der Waals surface area contributed by atoms with Gasteiger partial charge in [-0.2, -0.15) is 0 Å². The maximum atomic E-state index is 11.2. The van der Waals surface area contributed by atoms with Crippen molar-refractivity contribution in [2.75, 3.05) is 12.5 Å². The molecule has 0 heterocycles. The van der Waals surface area contributed by atoms with Crippen LogP contribution in [0.5, 0.6) is 0 Å². The number of esters is 1. The molecule has 0 aromatic heterocycles. The molecule has 0 saturated heterocycles. The van der Waals surface area contributed by atoms with Gasteiger partial charge < -0.3 is 9.47 Å². The molecule has 1 unspecified atom stereocenters. The topological polar surface area (TPSA) is 52.6 Å². The molecule has 0 spiro atoms. The van der Waals surface area contributed by atoms with E-state index < -0.39 is 10.8 Å². The molecule has 0 bridgehead atoms. The lowest BCUT2D eigenvalue weighted by molar-refractivity contribution is -0.148. The maximum absolute atomic E-state index is 11.2. The molecule has 0 radical (unpaired) electrons. The Hall–Kier alpha value is -0.420. The summed E-state index contributed by atoms with van der Waals surface area (Å²) in [7, 11) is -0.972. The van der Waals surface area contributed by atoms with Crippen LogP contribution in [0.15, 0.2) is 0 Å². The normalized spacial score (nSPS) is 13.2. The van der Waals surface area contributed by atoms with Crippen LogP contribution in [0.2, 0.25) is 0 Å². The van der Waals surface area contributed by atoms with Crippen LogP contribution in [0.25, 0.3) is 0 Å². The monoisotopic (exact) mass is 236 g/mol. The first-order chi connectivity index (χ1) is 6.93. The van der Waals surface area contributed by atoms with Gasteiger partial charge >= 0.3 is 5.97 Å². The highest BCUT2D eigenvalue weighted by molar-refractivity contribution is 7.85. The summed E-state index contributed by atoms with van der Waals surface area (Å²) >= 11 is 0. The van der Waals surface area contributed by atoms with Gasteiger partial charge in [0, 0.05) is 16.0 Å². The van der Waals surface area contributed by atoms with Crippen molar-refractivity contribution in [1.82, 2.24) is 0 Å². The zero-order valence-electron chi connectivity index (χ0n) is 9.82. The molecule has 1 atom stereocenters. The largest absolute Gasteiger partial charge is 0.463 e. The molecule has 4 nitrogen and oxygen atoms in total. The summed E-state index contributed by atoms with van der Waals surface area (Å²) in [4.78, 5) is 11.1. The summed E-state index contributed by atoms with van der Waals surface area (Å²) in [6.45, 7) is 7.60. The zero-order valence-corrected chi connectivity index (χ0v) is 10.6. The van der Waals surface area contributed by atoms with Crippen molar-refractivity contribution < 1.29 is 18.5 Å². The average Bonchev–Trinajstić information content (AvgIpc) is 2.10. The molecule has 0 rings (SSSR count). The van der Waals surface area contributed by atoms with Crippen LogP contribution in [-0.2, 0) is 25.1 Å². The Morgan fingerprint density at radius 3 is 2.33 bits per heavy atom. The van der Waals surface area contributed by atoms with Gasteiger partial charge in [0.25, 0.3) is 0 Å². The van der Waals surface area contributed by atoms with Crippen LogP contribution in [0, 0.1) is 0 Å². The first-order valence-corrected chi connectivity index (χ1v) is 6.46. The molecule has 0 aliphatic rings. The molecule has 0 aliphatic heterocycles. The molecule has 0 N–H and O–H groups in total. The number of ether oxygens (including phenoxy) is 2.